The van der Waals surface area contributed by atoms with Crippen molar-refractivity contribution in [2.24, 2.45) is 10.7 Å². The summed E-state index contributed by atoms with van der Waals surface area (Å²) in [7, 11) is 0. The fraction of sp³-hybridized carbons (Fsp3) is 0.125. The minimum Gasteiger partial charge on any atom is -0.387 e. The summed E-state index contributed by atoms with van der Waals surface area (Å²) in [5.74, 6) is -1.40. The van der Waals surface area contributed by atoms with E-state index in [4.69, 9.17) is 17.3 Å². The molecule has 5 heteroatoms. The SMILES string of the molecule is CC(N)=Nc1c(F)cc(F)cc1Cl. The second-order valence-corrected chi connectivity index (χ2v) is 2.88. The van der Waals surface area contributed by atoms with Gasteiger partial charge in [0, 0.05) is 6.07 Å². The van der Waals surface area contributed by atoms with E-state index in [1.807, 2.05) is 0 Å². The number of rotatable bonds is 1. The summed E-state index contributed by atoms with van der Waals surface area (Å²) in [4.78, 5) is 3.62. The Bertz CT molecular complexity index is 336. The molecule has 1 aromatic rings. The molecule has 0 unspecified atom stereocenters. The van der Waals surface area contributed by atoms with Gasteiger partial charge in [0.05, 0.1) is 10.9 Å². The van der Waals surface area contributed by atoms with Gasteiger partial charge in [0.1, 0.15) is 11.5 Å². The fourth-order valence-electron chi connectivity index (χ4n) is 0.818. The highest BCUT2D eigenvalue weighted by Crippen LogP contribution is 2.28. The number of amidine groups is 1. The van der Waals surface area contributed by atoms with Gasteiger partial charge in [0.25, 0.3) is 0 Å². The first kappa shape index (κ1) is 9.92. The van der Waals surface area contributed by atoms with Crippen molar-refractivity contribution in [3.8, 4) is 0 Å². The maximum Gasteiger partial charge on any atom is 0.153 e. The minimum atomic E-state index is -0.824. The topological polar surface area (TPSA) is 38.4 Å². The molecule has 0 bridgehead atoms. The molecule has 0 heterocycles. The third-order valence-corrected chi connectivity index (χ3v) is 1.56. The third kappa shape index (κ3) is 2.39. The highest BCUT2D eigenvalue weighted by molar-refractivity contribution is 6.33. The quantitative estimate of drug-likeness (QED) is 0.554. The first-order valence-corrected chi connectivity index (χ1v) is 3.84. The smallest absolute Gasteiger partial charge is 0.153 e. The molecule has 0 radical (unpaired) electrons. The largest absolute Gasteiger partial charge is 0.387 e. The zero-order valence-electron chi connectivity index (χ0n) is 6.81. The first-order valence-electron chi connectivity index (χ1n) is 3.46. The molecule has 0 saturated carbocycles. The predicted octanol–water partition coefficient (Wildman–Crippen LogP) is 2.63. The van der Waals surface area contributed by atoms with E-state index >= 15 is 0 Å². The van der Waals surface area contributed by atoms with Gasteiger partial charge in [-0.25, -0.2) is 13.8 Å². The Labute approximate surface area is 79.0 Å². The average Bonchev–Trinajstić information content (AvgIpc) is 1.96. The fourth-order valence-corrected chi connectivity index (χ4v) is 1.05. The molecule has 0 saturated heterocycles. The van der Waals surface area contributed by atoms with Crippen LogP contribution in [0.4, 0.5) is 14.5 Å². The minimum absolute atomic E-state index is 0.0951. The Morgan fingerprint density at radius 3 is 2.54 bits per heavy atom. The van der Waals surface area contributed by atoms with Gasteiger partial charge in [-0.2, -0.15) is 0 Å². The molecule has 0 aliphatic carbocycles. The van der Waals surface area contributed by atoms with Crippen LogP contribution in [0.3, 0.4) is 0 Å². The second kappa shape index (κ2) is 3.70. The average molecular weight is 205 g/mol. The van der Waals surface area contributed by atoms with Crippen molar-refractivity contribution in [3.63, 3.8) is 0 Å². The summed E-state index contributed by atoms with van der Waals surface area (Å²) < 4.78 is 25.5. The number of halogens is 3. The van der Waals surface area contributed by atoms with Gasteiger partial charge in [0.15, 0.2) is 5.82 Å². The summed E-state index contributed by atoms with van der Waals surface area (Å²) >= 11 is 5.54. The van der Waals surface area contributed by atoms with Gasteiger partial charge in [-0.15, -0.1) is 0 Å². The molecule has 0 aliphatic heterocycles. The van der Waals surface area contributed by atoms with Crippen LogP contribution in [0.15, 0.2) is 17.1 Å². The maximum atomic E-state index is 13.0. The van der Waals surface area contributed by atoms with Gasteiger partial charge < -0.3 is 5.73 Å². The van der Waals surface area contributed by atoms with Crippen LogP contribution in [0.2, 0.25) is 5.02 Å². The summed E-state index contributed by atoms with van der Waals surface area (Å²) in [6.45, 7) is 1.49. The number of hydrogen-bond donors (Lipinski definition) is 1. The van der Waals surface area contributed by atoms with E-state index in [1.54, 1.807) is 0 Å². The van der Waals surface area contributed by atoms with Crippen molar-refractivity contribution in [1.29, 1.82) is 0 Å². The van der Waals surface area contributed by atoms with E-state index in [-0.39, 0.29) is 16.5 Å². The predicted molar refractivity (Wildman–Crippen MR) is 48.3 cm³/mol. The summed E-state index contributed by atoms with van der Waals surface area (Å²) in [5.41, 5.74) is 5.10. The Morgan fingerprint density at radius 2 is 2.08 bits per heavy atom. The molecular formula is C8H7ClF2N2. The zero-order chi connectivity index (χ0) is 10.0. The lowest BCUT2D eigenvalue weighted by Crippen LogP contribution is -2.04. The third-order valence-electron chi connectivity index (χ3n) is 1.27. The molecule has 13 heavy (non-hydrogen) atoms. The van der Waals surface area contributed by atoms with Gasteiger partial charge in [0.2, 0.25) is 0 Å². The molecule has 0 aliphatic rings. The van der Waals surface area contributed by atoms with Gasteiger partial charge in [-0.1, -0.05) is 11.6 Å². The number of nitrogens with zero attached hydrogens (tertiary/aromatic N) is 1. The molecule has 70 valence electrons. The normalized spacial score (nSPS) is 11.8. The van der Waals surface area contributed by atoms with E-state index in [2.05, 4.69) is 4.99 Å². The second-order valence-electron chi connectivity index (χ2n) is 2.47. The summed E-state index contributed by atoms with van der Waals surface area (Å²) in [6.07, 6.45) is 0. The molecule has 0 atom stereocenters. The molecule has 2 N–H and O–H groups in total. The number of hydrogen-bond acceptors (Lipinski definition) is 1. The standard InChI is InChI=1S/C8H7ClF2N2/c1-4(12)13-8-6(9)2-5(10)3-7(8)11/h2-3H,1H3,(H2,12,13). The molecule has 0 spiro atoms. The summed E-state index contributed by atoms with van der Waals surface area (Å²) in [6, 6.07) is 1.68. The zero-order valence-corrected chi connectivity index (χ0v) is 7.57. The van der Waals surface area contributed by atoms with Crippen LogP contribution in [0.1, 0.15) is 6.92 Å². The van der Waals surface area contributed by atoms with Gasteiger partial charge in [-0.05, 0) is 13.0 Å². The van der Waals surface area contributed by atoms with Crippen LogP contribution in [-0.4, -0.2) is 5.84 Å². The molecular weight excluding hydrogens is 198 g/mol. The summed E-state index contributed by atoms with van der Waals surface area (Å²) in [5, 5.41) is -0.0951. The van der Waals surface area contributed by atoms with Crippen LogP contribution in [0, 0.1) is 11.6 Å². The first-order chi connectivity index (χ1) is 6.00. The van der Waals surface area contributed by atoms with Crippen molar-refractivity contribution < 1.29 is 8.78 Å². The molecule has 1 rings (SSSR count). The number of nitrogens with two attached hydrogens (primary N) is 1. The van der Waals surface area contributed by atoms with E-state index in [0.29, 0.717) is 6.07 Å². The van der Waals surface area contributed by atoms with Gasteiger partial charge >= 0.3 is 0 Å². The Balaban J connectivity index is 3.29. The maximum absolute atomic E-state index is 13.0. The van der Waals surface area contributed by atoms with Crippen molar-refractivity contribution >= 4 is 23.1 Å². The van der Waals surface area contributed by atoms with Crippen molar-refractivity contribution in [2.45, 2.75) is 6.92 Å². The van der Waals surface area contributed by atoms with Crippen LogP contribution < -0.4 is 5.73 Å². The Morgan fingerprint density at radius 1 is 1.46 bits per heavy atom. The molecule has 0 fully saturated rings. The lowest BCUT2D eigenvalue weighted by molar-refractivity contribution is 0.585. The monoisotopic (exact) mass is 204 g/mol. The molecule has 0 aromatic heterocycles. The molecule has 1 aromatic carbocycles. The van der Waals surface area contributed by atoms with Crippen LogP contribution in [0.5, 0.6) is 0 Å². The molecule has 2 nitrogen and oxygen atoms in total. The Hall–Kier alpha value is -1.16. The van der Waals surface area contributed by atoms with Crippen LogP contribution in [0.25, 0.3) is 0 Å². The van der Waals surface area contributed by atoms with Crippen molar-refractivity contribution in [3.05, 3.63) is 28.8 Å². The highest BCUT2D eigenvalue weighted by atomic mass is 35.5. The lowest BCUT2D eigenvalue weighted by Gasteiger charge is -2.00. The van der Waals surface area contributed by atoms with Crippen molar-refractivity contribution in [1.82, 2.24) is 0 Å². The number of aliphatic imine (C=N–C) groups is 1. The van der Waals surface area contributed by atoms with E-state index in [9.17, 15) is 8.78 Å². The van der Waals surface area contributed by atoms with E-state index < -0.39 is 11.6 Å². The van der Waals surface area contributed by atoms with Gasteiger partial charge in [-0.3, -0.25) is 0 Å². The lowest BCUT2D eigenvalue weighted by atomic mass is 10.3. The van der Waals surface area contributed by atoms with Crippen LogP contribution in [-0.2, 0) is 0 Å². The Kier molecular flexibility index (Phi) is 2.83. The molecule has 0 amide bonds. The highest BCUT2D eigenvalue weighted by Gasteiger charge is 2.08. The van der Waals surface area contributed by atoms with E-state index in [0.717, 1.165) is 6.07 Å². The van der Waals surface area contributed by atoms with Crippen molar-refractivity contribution in [2.75, 3.05) is 0 Å². The number of benzene rings is 1. The van der Waals surface area contributed by atoms with Crippen LogP contribution >= 0.6 is 11.6 Å². The van der Waals surface area contributed by atoms with E-state index in [1.165, 1.54) is 6.92 Å².